The molecule has 20 heavy (non-hydrogen) atoms. The number of fused-ring (bicyclic) bond motifs is 1. The zero-order valence-electron chi connectivity index (χ0n) is 12.0. The van der Waals surface area contributed by atoms with Crippen LogP contribution >= 0.6 is 0 Å². The molecule has 0 saturated carbocycles. The summed E-state index contributed by atoms with van der Waals surface area (Å²) in [4.78, 5) is 11.8. The van der Waals surface area contributed by atoms with E-state index in [9.17, 15) is 9.90 Å². The van der Waals surface area contributed by atoms with Crippen molar-refractivity contribution in [2.75, 3.05) is 0 Å². The highest BCUT2D eigenvalue weighted by molar-refractivity contribution is 5.76. The van der Waals surface area contributed by atoms with Crippen molar-refractivity contribution in [3.63, 3.8) is 0 Å². The molecule has 3 heteroatoms. The zero-order valence-corrected chi connectivity index (χ0v) is 12.0. The van der Waals surface area contributed by atoms with E-state index in [0.29, 0.717) is 5.58 Å². The molecule has 1 aromatic carbocycles. The Balaban J connectivity index is 1.90. The van der Waals surface area contributed by atoms with Crippen molar-refractivity contribution >= 4 is 11.0 Å². The van der Waals surface area contributed by atoms with Gasteiger partial charge in [0, 0.05) is 10.9 Å². The number of aliphatic hydroxyl groups is 1. The molecule has 0 fully saturated rings. The number of hydrogen-bond acceptors (Lipinski definition) is 3. The van der Waals surface area contributed by atoms with E-state index in [2.05, 4.69) is 0 Å². The fourth-order valence-electron chi connectivity index (χ4n) is 2.36. The smallest absolute Gasteiger partial charge is 0.339 e. The molecule has 1 heterocycles. The molecule has 0 spiro atoms. The Morgan fingerprint density at radius 1 is 1.20 bits per heavy atom. The third kappa shape index (κ3) is 3.94. The van der Waals surface area contributed by atoms with E-state index in [1.807, 2.05) is 37.3 Å². The lowest BCUT2D eigenvalue weighted by atomic mass is 10.0. The first kappa shape index (κ1) is 14.8. The summed E-state index contributed by atoms with van der Waals surface area (Å²) in [6.07, 6.45) is 5.23. The second-order valence-corrected chi connectivity index (χ2v) is 5.26. The summed E-state index contributed by atoms with van der Waals surface area (Å²) in [6, 6.07) is 9.51. The first-order valence-electron chi connectivity index (χ1n) is 7.40. The Morgan fingerprint density at radius 2 is 2.00 bits per heavy atom. The van der Waals surface area contributed by atoms with Crippen LogP contribution < -0.4 is 5.63 Å². The molecule has 0 amide bonds. The maximum atomic E-state index is 11.8. The van der Waals surface area contributed by atoms with Crippen LogP contribution in [0.15, 0.2) is 39.5 Å². The third-order valence-electron chi connectivity index (χ3n) is 3.67. The molecule has 0 aliphatic carbocycles. The molecule has 1 atom stereocenters. The van der Waals surface area contributed by atoms with Gasteiger partial charge in [-0.3, -0.25) is 0 Å². The maximum absolute atomic E-state index is 11.8. The second-order valence-electron chi connectivity index (χ2n) is 5.26. The van der Waals surface area contributed by atoms with Gasteiger partial charge in [0.1, 0.15) is 5.58 Å². The molecule has 0 radical (unpaired) electrons. The SMILES string of the molecule is CCC(O)CCCCCc1cc2ccccc2oc1=O. The molecule has 0 saturated heterocycles. The first-order valence-corrected chi connectivity index (χ1v) is 7.40. The van der Waals surface area contributed by atoms with Crippen LogP contribution in [0, 0.1) is 0 Å². The van der Waals surface area contributed by atoms with Gasteiger partial charge in [0.05, 0.1) is 6.10 Å². The van der Waals surface area contributed by atoms with Gasteiger partial charge >= 0.3 is 5.63 Å². The molecule has 1 unspecified atom stereocenters. The van der Waals surface area contributed by atoms with Crippen LogP contribution in [-0.4, -0.2) is 11.2 Å². The maximum Gasteiger partial charge on any atom is 0.339 e. The topological polar surface area (TPSA) is 50.4 Å². The Morgan fingerprint density at radius 3 is 2.80 bits per heavy atom. The number of rotatable bonds is 7. The highest BCUT2D eigenvalue weighted by atomic mass is 16.4. The van der Waals surface area contributed by atoms with Crippen molar-refractivity contribution < 1.29 is 9.52 Å². The zero-order chi connectivity index (χ0) is 14.4. The number of para-hydroxylation sites is 1. The quantitative estimate of drug-likeness (QED) is 0.619. The minimum atomic E-state index is -0.225. The van der Waals surface area contributed by atoms with E-state index >= 15 is 0 Å². The molecule has 3 nitrogen and oxygen atoms in total. The minimum absolute atomic E-state index is 0.180. The van der Waals surface area contributed by atoms with Gasteiger partial charge in [0.15, 0.2) is 0 Å². The largest absolute Gasteiger partial charge is 0.423 e. The average Bonchev–Trinajstić information content (AvgIpc) is 2.47. The van der Waals surface area contributed by atoms with Crippen LogP contribution in [-0.2, 0) is 6.42 Å². The van der Waals surface area contributed by atoms with Gasteiger partial charge in [-0.1, -0.05) is 38.0 Å². The van der Waals surface area contributed by atoms with E-state index < -0.39 is 0 Å². The lowest BCUT2D eigenvalue weighted by Crippen LogP contribution is -2.07. The Bertz CT molecular complexity index is 600. The molecule has 0 bridgehead atoms. The second kappa shape index (κ2) is 7.25. The van der Waals surface area contributed by atoms with E-state index in [-0.39, 0.29) is 11.7 Å². The normalized spacial score (nSPS) is 12.7. The summed E-state index contributed by atoms with van der Waals surface area (Å²) < 4.78 is 5.31. The number of benzene rings is 1. The van der Waals surface area contributed by atoms with Gasteiger partial charge < -0.3 is 9.52 Å². The van der Waals surface area contributed by atoms with Gasteiger partial charge in [-0.15, -0.1) is 0 Å². The monoisotopic (exact) mass is 274 g/mol. The van der Waals surface area contributed by atoms with Crippen molar-refractivity contribution in [2.24, 2.45) is 0 Å². The van der Waals surface area contributed by atoms with Gasteiger partial charge in [0.2, 0.25) is 0 Å². The van der Waals surface area contributed by atoms with Gasteiger partial charge in [-0.2, -0.15) is 0 Å². The molecule has 108 valence electrons. The van der Waals surface area contributed by atoms with Crippen LogP contribution in [0.5, 0.6) is 0 Å². The number of hydrogen-bond donors (Lipinski definition) is 1. The Kier molecular flexibility index (Phi) is 5.36. The van der Waals surface area contributed by atoms with Gasteiger partial charge in [-0.05, 0) is 37.8 Å². The predicted molar refractivity (Wildman–Crippen MR) is 81.0 cm³/mol. The standard InChI is InChI=1S/C17H22O3/c1-2-15(18)10-5-3-4-9-14-12-13-8-6-7-11-16(13)20-17(14)19/h6-8,11-12,15,18H,2-5,9-10H2,1H3. The first-order chi connectivity index (χ1) is 9.70. The Hall–Kier alpha value is -1.61. The molecule has 2 aromatic rings. The summed E-state index contributed by atoms with van der Waals surface area (Å²) in [5, 5.41) is 10.4. The predicted octanol–water partition coefficient (Wildman–Crippen LogP) is 3.67. The molecule has 1 aromatic heterocycles. The van der Waals surface area contributed by atoms with Crippen molar-refractivity contribution in [3.05, 3.63) is 46.3 Å². The van der Waals surface area contributed by atoms with E-state index in [0.717, 1.165) is 49.5 Å². The molecular weight excluding hydrogens is 252 g/mol. The van der Waals surface area contributed by atoms with Gasteiger partial charge in [0.25, 0.3) is 0 Å². The molecule has 1 N–H and O–H groups in total. The highest BCUT2D eigenvalue weighted by Gasteiger charge is 2.05. The van der Waals surface area contributed by atoms with E-state index in [4.69, 9.17) is 4.42 Å². The summed E-state index contributed by atoms with van der Waals surface area (Å²) in [5.74, 6) is 0. The molecule has 2 rings (SSSR count). The van der Waals surface area contributed by atoms with Crippen molar-refractivity contribution in [1.29, 1.82) is 0 Å². The molecule has 0 aliphatic heterocycles. The van der Waals surface area contributed by atoms with Crippen molar-refractivity contribution in [3.8, 4) is 0 Å². The highest BCUT2D eigenvalue weighted by Crippen LogP contribution is 2.14. The average molecular weight is 274 g/mol. The summed E-state index contributed by atoms with van der Waals surface area (Å²) in [5.41, 5.74) is 1.17. The third-order valence-corrected chi connectivity index (χ3v) is 3.67. The van der Waals surface area contributed by atoms with E-state index in [1.165, 1.54) is 0 Å². The fourth-order valence-corrected chi connectivity index (χ4v) is 2.36. The van der Waals surface area contributed by atoms with Crippen LogP contribution in [0.4, 0.5) is 0 Å². The van der Waals surface area contributed by atoms with Crippen LogP contribution in [0.2, 0.25) is 0 Å². The van der Waals surface area contributed by atoms with Crippen LogP contribution in [0.25, 0.3) is 11.0 Å². The van der Waals surface area contributed by atoms with Crippen LogP contribution in [0.1, 0.15) is 44.6 Å². The summed E-state index contributed by atoms with van der Waals surface area (Å²) in [7, 11) is 0. The number of aryl methyl sites for hydroxylation is 1. The Labute approximate surface area is 119 Å². The van der Waals surface area contributed by atoms with Crippen molar-refractivity contribution in [2.45, 2.75) is 51.6 Å². The minimum Gasteiger partial charge on any atom is -0.423 e. The summed E-state index contributed by atoms with van der Waals surface area (Å²) >= 11 is 0. The number of unbranched alkanes of at least 4 members (excludes halogenated alkanes) is 2. The van der Waals surface area contributed by atoms with Crippen molar-refractivity contribution in [1.82, 2.24) is 0 Å². The van der Waals surface area contributed by atoms with Crippen LogP contribution in [0.3, 0.4) is 0 Å². The lowest BCUT2D eigenvalue weighted by molar-refractivity contribution is 0.156. The number of aliphatic hydroxyl groups excluding tert-OH is 1. The summed E-state index contributed by atoms with van der Waals surface area (Å²) in [6.45, 7) is 1.99. The van der Waals surface area contributed by atoms with Gasteiger partial charge in [-0.25, -0.2) is 4.79 Å². The molecule has 0 aliphatic rings. The molecular formula is C17H22O3. The fraction of sp³-hybridized carbons (Fsp3) is 0.471. The lowest BCUT2D eigenvalue weighted by Gasteiger charge is -2.06. The van der Waals surface area contributed by atoms with E-state index in [1.54, 1.807) is 0 Å².